The van der Waals surface area contributed by atoms with Crippen molar-refractivity contribution in [1.29, 1.82) is 0 Å². The number of fused-ring (bicyclic) bond motifs is 10. The molecule has 4 aromatic carbocycles. The number of aromatic hydroxyl groups is 2. The first kappa shape index (κ1) is 47.6. The molecule has 4 aliphatic rings. The van der Waals surface area contributed by atoms with Crippen LogP contribution in [0.4, 0.5) is 11.4 Å². The maximum absolute atomic E-state index is 10.5. The number of oxime groups is 2. The van der Waals surface area contributed by atoms with Crippen molar-refractivity contribution in [3.63, 3.8) is 0 Å². The van der Waals surface area contributed by atoms with Crippen LogP contribution in [0.5, 0.6) is 34.5 Å². The largest absolute Gasteiger partial charge is 0.504 e. The average Bonchev–Trinajstić information content (AvgIpc) is 3.98. The van der Waals surface area contributed by atoms with Gasteiger partial charge in [0.05, 0.1) is 47.8 Å². The van der Waals surface area contributed by atoms with Gasteiger partial charge in [0.1, 0.15) is 37.2 Å². The number of nitrogens with one attached hydrogen (secondary N) is 2. The van der Waals surface area contributed by atoms with Gasteiger partial charge in [0.25, 0.3) is 0 Å². The second-order valence-electron chi connectivity index (χ2n) is 18.5. The van der Waals surface area contributed by atoms with Crippen molar-refractivity contribution >= 4 is 80.3 Å². The van der Waals surface area contributed by atoms with Crippen molar-refractivity contribution in [3.8, 4) is 56.8 Å². The minimum absolute atomic E-state index is 0.0735. The fourth-order valence-corrected chi connectivity index (χ4v) is 11.7. The Hall–Kier alpha value is -7.42. The van der Waals surface area contributed by atoms with Crippen LogP contribution in [0.2, 0.25) is 0 Å². The smallest absolute Gasteiger partial charge is 0.172 e. The van der Waals surface area contributed by atoms with Crippen LogP contribution in [0, 0.1) is 0 Å². The lowest BCUT2D eigenvalue weighted by Crippen LogP contribution is -2.32. The molecule has 0 spiro atoms. The molecule has 0 unspecified atom stereocenters. The third-order valence-electron chi connectivity index (χ3n) is 12.5. The molecule has 6 heterocycles. The molecule has 10 rings (SSSR count). The van der Waals surface area contributed by atoms with Crippen LogP contribution < -0.4 is 29.6 Å². The number of phenolic OH excluding ortho intramolecular Hbond substituents is 2. The van der Waals surface area contributed by atoms with Crippen molar-refractivity contribution in [2.45, 2.75) is 66.5 Å². The van der Waals surface area contributed by atoms with E-state index < -0.39 is 0 Å². The number of allylic oxidation sites excluding steroid dienone is 2. The van der Waals surface area contributed by atoms with Crippen LogP contribution in [0.15, 0.2) is 93.9 Å². The van der Waals surface area contributed by atoms with E-state index in [1.807, 2.05) is 36.7 Å². The summed E-state index contributed by atoms with van der Waals surface area (Å²) in [5.74, 6) is 3.64. The van der Waals surface area contributed by atoms with E-state index in [1.165, 1.54) is 0 Å². The Bertz CT molecular complexity index is 3080. The molecular weight excluding hydrogens is 921 g/mol. The van der Waals surface area contributed by atoms with E-state index in [0.29, 0.717) is 23.0 Å². The number of anilines is 2. The van der Waals surface area contributed by atoms with Crippen LogP contribution in [0.1, 0.15) is 98.5 Å². The number of thiophene rings is 2. The summed E-state index contributed by atoms with van der Waals surface area (Å²) in [5, 5.41) is 40.6. The molecular formula is C56H56N4O8S2. The number of hydrogen-bond acceptors (Lipinski definition) is 14. The molecule has 70 heavy (non-hydrogen) atoms. The fourth-order valence-electron chi connectivity index (χ4n) is 9.97. The third kappa shape index (κ3) is 8.55. The highest BCUT2D eigenvalue weighted by atomic mass is 32.1. The highest BCUT2D eigenvalue weighted by Gasteiger charge is 2.36. The molecule has 0 bridgehead atoms. The number of benzene rings is 4. The highest BCUT2D eigenvalue weighted by molar-refractivity contribution is 7.11. The summed E-state index contributed by atoms with van der Waals surface area (Å²) in [6, 6.07) is 19.1. The summed E-state index contributed by atoms with van der Waals surface area (Å²) >= 11 is 3.23. The van der Waals surface area contributed by atoms with Gasteiger partial charge in [-0.3, -0.25) is 0 Å². The number of ether oxygens (including phenoxy) is 4. The first-order valence-electron chi connectivity index (χ1n) is 22.7. The zero-order valence-electron chi connectivity index (χ0n) is 41.3. The first-order valence-corrected chi connectivity index (χ1v) is 24.5. The molecule has 14 heteroatoms. The number of hydrogen-bond donors (Lipinski definition) is 4. The van der Waals surface area contributed by atoms with E-state index in [2.05, 4.69) is 111 Å². The van der Waals surface area contributed by atoms with Crippen LogP contribution in [0.3, 0.4) is 0 Å². The van der Waals surface area contributed by atoms with Gasteiger partial charge in [-0.25, -0.2) is 0 Å². The average molecular weight is 977 g/mol. The molecule has 12 nitrogen and oxygen atoms in total. The maximum atomic E-state index is 10.5. The summed E-state index contributed by atoms with van der Waals surface area (Å²) in [7, 11) is 6.21. The minimum atomic E-state index is -0.173. The topological polar surface area (TPSA) is 145 Å². The zero-order chi connectivity index (χ0) is 49.8. The molecule has 0 saturated heterocycles. The highest BCUT2D eigenvalue weighted by Crippen LogP contribution is 2.56. The van der Waals surface area contributed by atoms with Gasteiger partial charge in [-0.15, -0.1) is 22.7 Å². The molecule has 360 valence electrons. The number of nitrogens with zero attached hydrogens (tertiary/aromatic N) is 2. The molecule has 0 fully saturated rings. The normalized spacial score (nSPS) is 16.9. The Balaban J connectivity index is 0.000000174. The first-order chi connectivity index (χ1) is 33.5. The molecule has 6 aromatic rings. The van der Waals surface area contributed by atoms with Crippen molar-refractivity contribution < 1.29 is 38.8 Å². The fraction of sp³-hybridized carbons (Fsp3) is 0.250. The lowest BCUT2D eigenvalue weighted by atomic mass is 9.83. The molecule has 0 saturated carbocycles. The van der Waals surface area contributed by atoms with Crippen LogP contribution >= 0.6 is 22.7 Å². The van der Waals surface area contributed by atoms with E-state index in [4.69, 9.17) is 28.6 Å². The molecule has 0 atom stereocenters. The lowest BCUT2D eigenvalue weighted by molar-refractivity contribution is 0.213. The summed E-state index contributed by atoms with van der Waals surface area (Å²) < 4.78 is 24.3. The van der Waals surface area contributed by atoms with E-state index in [1.54, 1.807) is 75.4 Å². The van der Waals surface area contributed by atoms with Gasteiger partial charge < -0.3 is 49.5 Å². The molecule has 4 N–H and O–H groups in total. The minimum Gasteiger partial charge on any atom is -0.504 e. The Kier molecular flexibility index (Phi) is 12.6. The number of phenols is 2. The Morgan fingerprint density at radius 2 is 0.957 bits per heavy atom. The monoisotopic (exact) mass is 976 g/mol. The van der Waals surface area contributed by atoms with Crippen LogP contribution in [-0.2, 0) is 9.68 Å². The molecule has 2 aromatic heterocycles. The van der Waals surface area contributed by atoms with Gasteiger partial charge in [-0.05, 0) is 138 Å². The van der Waals surface area contributed by atoms with Crippen LogP contribution in [-0.4, -0.2) is 61.2 Å². The molecule has 0 aliphatic carbocycles. The lowest BCUT2D eigenvalue weighted by Gasteiger charge is -2.35. The van der Waals surface area contributed by atoms with E-state index in [0.717, 1.165) is 111 Å². The van der Waals surface area contributed by atoms with Crippen molar-refractivity contribution in [1.82, 2.24) is 0 Å². The maximum Gasteiger partial charge on any atom is 0.172 e. The third-order valence-corrected chi connectivity index (χ3v) is 14.2. The van der Waals surface area contributed by atoms with Gasteiger partial charge >= 0.3 is 0 Å². The molecule has 0 radical (unpaired) electrons. The predicted octanol–water partition coefficient (Wildman–Crippen LogP) is 14.0. The zero-order valence-corrected chi connectivity index (χ0v) is 42.9. The quantitative estimate of drug-likeness (QED) is 0.0859. The summed E-state index contributed by atoms with van der Waals surface area (Å²) in [4.78, 5) is 12.0. The van der Waals surface area contributed by atoms with Crippen molar-refractivity contribution in [3.05, 3.63) is 127 Å². The summed E-state index contributed by atoms with van der Waals surface area (Å²) in [6.07, 6.45) is 8.58. The second-order valence-corrected chi connectivity index (χ2v) is 20.4. The standard InChI is InChI=1S/2C28H28N2O4S/c2*1-15-14-28(3,4)29-19-8-7-18-25(24(15)19)22(13-23-17(11-12-35-23)16(2)30-33-6)34-21-10-9-20(31)27(32-5)26(18)21/h2*7-14,29,31H,1-6H3/b22-13-,30-16+;22-13-,30-16-. The van der Waals surface area contributed by atoms with E-state index in [-0.39, 0.29) is 22.6 Å². The molecule has 0 amide bonds. The summed E-state index contributed by atoms with van der Waals surface area (Å²) in [5.41, 5.74) is 15.0. The number of methoxy groups -OCH3 is 2. The Morgan fingerprint density at radius 3 is 1.33 bits per heavy atom. The van der Waals surface area contributed by atoms with E-state index >= 15 is 0 Å². The summed E-state index contributed by atoms with van der Waals surface area (Å²) in [6.45, 7) is 16.7. The van der Waals surface area contributed by atoms with Gasteiger partial charge in [0.2, 0.25) is 0 Å². The van der Waals surface area contributed by atoms with Gasteiger partial charge in [-0.2, -0.15) is 0 Å². The van der Waals surface area contributed by atoms with Gasteiger partial charge in [0, 0.05) is 65.6 Å². The van der Waals surface area contributed by atoms with Crippen molar-refractivity contribution in [2.24, 2.45) is 10.3 Å². The Labute approximate surface area is 416 Å². The predicted molar refractivity (Wildman–Crippen MR) is 287 cm³/mol. The van der Waals surface area contributed by atoms with E-state index in [9.17, 15) is 10.2 Å². The van der Waals surface area contributed by atoms with Crippen molar-refractivity contribution in [2.75, 3.05) is 39.1 Å². The number of rotatable bonds is 8. The second kappa shape index (κ2) is 18.5. The van der Waals surface area contributed by atoms with Crippen LogP contribution in [0.25, 0.3) is 57.1 Å². The van der Waals surface area contributed by atoms with Gasteiger partial charge in [-0.1, -0.05) is 34.6 Å². The SMILES string of the molecule is CO/N=C(/C)c1ccsc1/C=C1\Oc2ccc(O)c(OC)c2-c2ccc3c(c21)C(C)=CC(C)(C)N3.CO/N=C(\C)c1ccsc1/C=C1\Oc2ccc(O)c(OC)c2-c2ccc3c(c21)C(C)=CC(C)(C)N3. The molecule has 4 aliphatic heterocycles. The Morgan fingerprint density at radius 1 is 0.557 bits per heavy atom. The van der Waals surface area contributed by atoms with Gasteiger partial charge in [0.15, 0.2) is 23.0 Å².